The summed E-state index contributed by atoms with van der Waals surface area (Å²) < 4.78 is 21.3. The summed E-state index contributed by atoms with van der Waals surface area (Å²) in [7, 11) is 3.14. The molecular formula is C18H19FN4O2. The van der Waals surface area contributed by atoms with Crippen LogP contribution in [0, 0.1) is 12.9 Å². The summed E-state index contributed by atoms with van der Waals surface area (Å²) in [6.07, 6.45) is 1.64. The number of hydrogen-bond donors (Lipinski definition) is 0. The van der Waals surface area contributed by atoms with Gasteiger partial charge < -0.3 is 9.64 Å². The van der Waals surface area contributed by atoms with E-state index >= 15 is 0 Å². The van der Waals surface area contributed by atoms with Gasteiger partial charge in [0.05, 0.1) is 18.3 Å². The molecule has 0 aliphatic rings. The van der Waals surface area contributed by atoms with E-state index in [-0.39, 0.29) is 12.3 Å². The number of halogens is 1. The number of fused-ring (bicyclic) bond motifs is 1. The molecule has 1 unspecified atom stereocenters. The van der Waals surface area contributed by atoms with Crippen molar-refractivity contribution in [1.82, 2.24) is 19.3 Å². The van der Waals surface area contributed by atoms with Crippen LogP contribution in [0.5, 0.6) is 0 Å². The van der Waals surface area contributed by atoms with Crippen LogP contribution < -0.4 is 0 Å². The Balaban J connectivity index is 1.99. The molecule has 0 fully saturated rings. The molecule has 130 valence electrons. The minimum atomic E-state index is -0.665. The lowest BCUT2D eigenvalue weighted by atomic mass is 10.1. The normalized spacial score (nSPS) is 12.3. The Kier molecular flexibility index (Phi) is 4.76. The molecule has 3 aromatic heterocycles. The molecule has 1 amide bonds. The van der Waals surface area contributed by atoms with Crippen molar-refractivity contribution in [2.24, 2.45) is 0 Å². The first-order valence-electron chi connectivity index (χ1n) is 7.85. The van der Waals surface area contributed by atoms with Gasteiger partial charge in [-0.15, -0.1) is 0 Å². The lowest BCUT2D eigenvalue weighted by Gasteiger charge is -2.26. The maximum absolute atomic E-state index is 14.8. The lowest BCUT2D eigenvalue weighted by Crippen LogP contribution is -2.35. The highest BCUT2D eigenvalue weighted by molar-refractivity contribution is 5.93. The molecule has 3 aromatic rings. The molecule has 3 heterocycles. The zero-order valence-electron chi connectivity index (χ0n) is 14.3. The number of rotatable bonds is 5. The number of pyridine rings is 2. The number of amides is 1. The summed E-state index contributed by atoms with van der Waals surface area (Å²) >= 11 is 0. The topological polar surface area (TPSA) is 59.7 Å². The summed E-state index contributed by atoms with van der Waals surface area (Å²) in [6.45, 7) is 2.00. The van der Waals surface area contributed by atoms with E-state index in [9.17, 15) is 9.18 Å². The Morgan fingerprint density at radius 2 is 2.12 bits per heavy atom. The molecule has 7 heteroatoms. The summed E-state index contributed by atoms with van der Waals surface area (Å²) in [6, 6.07) is 10.2. The first-order valence-corrected chi connectivity index (χ1v) is 7.85. The first-order chi connectivity index (χ1) is 12.0. The van der Waals surface area contributed by atoms with Crippen molar-refractivity contribution in [2.45, 2.75) is 13.0 Å². The molecule has 0 saturated heterocycles. The Labute approximate surface area is 144 Å². The number of hydrogen-bond acceptors (Lipinski definition) is 4. The van der Waals surface area contributed by atoms with Crippen LogP contribution in [-0.4, -0.2) is 45.9 Å². The fourth-order valence-corrected chi connectivity index (χ4v) is 2.78. The van der Waals surface area contributed by atoms with E-state index in [2.05, 4.69) is 9.97 Å². The molecule has 3 rings (SSSR count). The molecule has 0 radical (unpaired) electrons. The third kappa shape index (κ3) is 3.10. The number of carbonyl (C=O) groups is 1. The summed E-state index contributed by atoms with van der Waals surface area (Å²) in [5.74, 6) is -1.18. The molecule has 0 bridgehead atoms. The van der Waals surface area contributed by atoms with Crippen molar-refractivity contribution in [2.75, 3.05) is 20.8 Å². The molecule has 0 N–H and O–H groups in total. The highest BCUT2D eigenvalue weighted by atomic mass is 19.1. The van der Waals surface area contributed by atoms with Crippen molar-refractivity contribution in [3.63, 3.8) is 0 Å². The molecular weight excluding hydrogens is 323 g/mol. The van der Waals surface area contributed by atoms with E-state index in [1.165, 1.54) is 9.30 Å². The van der Waals surface area contributed by atoms with Gasteiger partial charge in [0, 0.05) is 26.0 Å². The molecule has 0 aromatic carbocycles. The third-order valence-corrected chi connectivity index (χ3v) is 4.13. The number of imidazole rings is 1. The van der Waals surface area contributed by atoms with E-state index < -0.39 is 17.9 Å². The fraction of sp³-hybridized carbons (Fsp3) is 0.278. The van der Waals surface area contributed by atoms with E-state index in [4.69, 9.17) is 4.74 Å². The molecule has 0 spiro atoms. The predicted molar refractivity (Wildman–Crippen MR) is 90.8 cm³/mol. The van der Waals surface area contributed by atoms with Gasteiger partial charge in [0.15, 0.2) is 5.69 Å². The molecule has 1 atom stereocenters. The first kappa shape index (κ1) is 17.0. The van der Waals surface area contributed by atoms with Gasteiger partial charge in [-0.1, -0.05) is 12.1 Å². The van der Waals surface area contributed by atoms with Gasteiger partial charge in [-0.3, -0.25) is 14.2 Å². The average molecular weight is 342 g/mol. The van der Waals surface area contributed by atoms with E-state index in [0.717, 1.165) is 0 Å². The maximum atomic E-state index is 14.8. The van der Waals surface area contributed by atoms with E-state index in [0.29, 0.717) is 17.0 Å². The molecule has 0 aliphatic heterocycles. The minimum absolute atomic E-state index is 0.214. The van der Waals surface area contributed by atoms with Crippen LogP contribution in [-0.2, 0) is 4.74 Å². The number of ether oxygens (including phenoxy) is 1. The van der Waals surface area contributed by atoms with Gasteiger partial charge in [-0.05, 0) is 31.2 Å². The number of carbonyl (C=O) groups excluding carboxylic acids is 1. The van der Waals surface area contributed by atoms with Crippen LogP contribution in [0.1, 0.15) is 27.9 Å². The van der Waals surface area contributed by atoms with Crippen LogP contribution in [0.2, 0.25) is 0 Å². The Hall–Kier alpha value is -2.80. The maximum Gasteiger partial charge on any atom is 0.277 e. The van der Waals surface area contributed by atoms with Gasteiger partial charge in [0.2, 0.25) is 5.95 Å². The second-order valence-corrected chi connectivity index (χ2v) is 5.75. The van der Waals surface area contributed by atoms with Gasteiger partial charge in [0.1, 0.15) is 5.65 Å². The number of methoxy groups -OCH3 is 1. The van der Waals surface area contributed by atoms with Crippen LogP contribution in [0.25, 0.3) is 5.65 Å². The van der Waals surface area contributed by atoms with Crippen molar-refractivity contribution in [1.29, 1.82) is 0 Å². The number of likely N-dealkylation sites (N-methyl/N-ethyl adjacent to an activating group) is 1. The van der Waals surface area contributed by atoms with Gasteiger partial charge in [0.25, 0.3) is 5.91 Å². The highest BCUT2D eigenvalue weighted by Crippen LogP contribution is 2.22. The zero-order valence-corrected chi connectivity index (χ0v) is 14.3. The van der Waals surface area contributed by atoms with Gasteiger partial charge in [-0.25, -0.2) is 4.98 Å². The Morgan fingerprint density at radius 3 is 2.76 bits per heavy atom. The zero-order chi connectivity index (χ0) is 18.0. The monoisotopic (exact) mass is 342 g/mol. The molecule has 25 heavy (non-hydrogen) atoms. The van der Waals surface area contributed by atoms with Crippen molar-refractivity contribution < 1.29 is 13.9 Å². The van der Waals surface area contributed by atoms with Crippen LogP contribution >= 0.6 is 0 Å². The standard InChI is InChI=1S/C18H19FN4O2/c1-12-7-6-9-15-21-16(17(19)23(12)15)18(24)22(2)14(11-25-3)13-8-4-5-10-20-13/h4-10,14H,11H2,1-3H3. The van der Waals surface area contributed by atoms with Crippen molar-refractivity contribution in [3.05, 3.63) is 65.6 Å². The number of aryl methyl sites for hydroxylation is 1. The number of nitrogens with zero attached hydrogens (tertiary/aromatic N) is 4. The lowest BCUT2D eigenvalue weighted by molar-refractivity contribution is 0.0585. The van der Waals surface area contributed by atoms with E-state index in [1.54, 1.807) is 57.6 Å². The second kappa shape index (κ2) is 6.98. The summed E-state index contributed by atoms with van der Waals surface area (Å²) in [4.78, 5) is 22.7. The summed E-state index contributed by atoms with van der Waals surface area (Å²) in [5, 5.41) is 0. The van der Waals surface area contributed by atoms with Crippen molar-refractivity contribution in [3.8, 4) is 0 Å². The SMILES string of the molecule is COCC(c1ccccn1)N(C)C(=O)c1nc2cccc(C)n2c1F. The third-order valence-electron chi connectivity index (χ3n) is 4.13. The molecule has 6 nitrogen and oxygen atoms in total. The minimum Gasteiger partial charge on any atom is -0.382 e. The van der Waals surface area contributed by atoms with E-state index in [1.807, 2.05) is 6.07 Å². The van der Waals surface area contributed by atoms with Crippen LogP contribution in [0.3, 0.4) is 0 Å². The molecule has 0 aliphatic carbocycles. The Morgan fingerprint density at radius 1 is 1.32 bits per heavy atom. The van der Waals surface area contributed by atoms with Gasteiger partial charge in [-0.2, -0.15) is 4.39 Å². The summed E-state index contributed by atoms with van der Waals surface area (Å²) in [5.41, 5.74) is 1.52. The smallest absolute Gasteiger partial charge is 0.277 e. The van der Waals surface area contributed by atoms with Gasteiger partial charge >= 0.3 is 0 Å². The average Bonchev–Trinajstić information content (AvgIpc) is 2.97. The fourth-order valence-electron chi connectivity index (χ4n) is 2.78. The largest absolute Gasteiger partial charge is 0.382 e. The van der Waals surface area contributed by atoms with Crippen LogP contribution in [0.15, 0.2) is 42.6 Å². The highest BCUT2D eigenvalue weighted by Gasteiger charge is 2.28. The van der Waals surface area contributed by atoms with Crippen molar-refractivity contribution >= 4 is 11.6 Å². The molecule has 0 saturated carbocycles. The predicted octanol–water partition coefficient (Wildman–Crippen LogP) is 2.64. The quantitative estimate of drug-likeness (QED) is 0.715. The Bertz CT molecular complexity index is 895. The van der Waals surface area contributed by atoms with Crippen LogP contribution in [0.4, 0.5) is 4.39 Å². The second-order valence-electron chi connectivity index (χ2n) is 5.75. The number of aromatic nitrogens is 3.